The molecule has 0 fully saturated rings. The van der Waals surface area contributed by atoms with Crippen molar-refractivity contribution in [3.63, 3.8) is 0 Å². The van der Waals surface area contributed by atoms with Gasteiger partial charge in [-0.05, 0) is 13.0 Å². The fourth-order valence-electron chi connectivity index (χ4n) is 4.06. The molecule has 10 heteroatoms. The van der Waals surface area contributed by atoms with Gasteiger partial charge in [0.2, 0.25) is 0 Å². The number of aromatic nitrogens is 4. The van der Waals surface area contributed by atoms with Crippen LogP contribution in [0.4, 0.5) is 20.6 Å². The van der Waals surface area contributed by atoms with E-state index in [1.54, 1.807) is 16.8 Å². The Bertz CT molecular complexity index is 1510. The van der Waals surface area contributed by atoms with Gasteiger partial charge in [-0.15, -0.1) is 0 Å². The summed E-state index contributed by atoms with van der Waals surface area (Å²) < 4.78 is 41.0. The molecule has 0 aliphatic rings. The monoisotopic (exact) mass is 476 g/mol. The van der Waals surface area contributed by atoms with Gasteiger partial charge in [0.25, 0.3) is 6.01 Å². The molecule has 0 unspecified atom stereocenters. The van der Waals surface area contributed by atoms with Crippen LogP contribution in [0.2, 0.25) is 0 Å². The second-order valence-corrected chi connectivity index (χ2v) is 7.93. The van der Waals surface area contributed by atoms with E-state index in [0.29, 0.717) is 35.8 Å². The molecule has 5 aromatic rings. The highest BCUT2D eigenvalue weighted by atomic mass is 19.2. The number of ether oxygens (including phenoxy) is 1. The average Bonchev–Trinajstić information content (AvgIpc) is 3.45. The number of benzene rings is 2. The number of methoxy groups -OCH3 is 1. The highest BCUT2D eigenvalue weighted by molar-refractivity contribution is 5.88. The minimum Gasteiger partial charge on any atom is -0.496 e. The van der Waals surface area contributed by atoms with Gasteiger partial charge in [-0.25, -0.2) is 23.7 Å². The van der Waals surface area contributed by atoms with E-state index >= 15 is 0 Å². The summed E-state index contributed by atoms with van der Waals surface area (Å²) in [6, 6.07) is 12.4. The third kappa shape index (κ3) is 4.25. The van der Waals surface area contributed by atoms with Crippen LogP contribution in [0.3, 0.4) is 0 Å². The topological polar surface area (TPSA) is 104 Å². The number of anilines is 2. The van der Waals surface area contributed by atoms with Crippen molar-refractivity contribution in [2.45, 2.75) is 13.5 Å². The number of nitrogens with two attached hydrogens (primary N) is 1. The third-order valence-electron chi connectivity index (χ3n) is 5.76. The summed E-state index contributed by atoms with van der Waals surface area (Å²) >= 11 is 0. The first-order valence-electron chi connectivity index (χ1n) is 10.8. The van der Waals surface area contributed by atoms with E-state index in [0.717, 1.165) is 28.6 Å². The number of hydrogen-bond acceptors (Lipinski definition) is 7. The highest BCUT2D eigenvalue weighted by Crippen LogP contribution is 2.32. The molecule has 178 valence electrons. The van der Waals surface area contributed by atoms with Gasteiger partial charge >= 0.3 is 0 Å². The lowest BCUT2D eigenvalue weighted by molar-refractivity contribution is 0.412. The van der Waals surface area contributed by atoms with Crippen LogP contribution in [0.15, 0.2) is 59.4 Å². The van der Waals surface area contributed by atoms with Gasteiger partial charge in [-0.1, -0.05) is 24.3 Å². The zero-order chi connectivity index (χ0) is 24.5. The van der Waals surface area contributed by atoms with Crippen molar-refractivity contribution in [1.82, 2.24) is 19.5 Å². The van der Waals surface area contributed by atoms with E-state index in [9.17, 15) is 8.78 Å². The first-order chi connectivity index (χ1) is 16.9. The number of aryl methyl sites for hydroxylation is 1. The van der Waals surface area contributed by atoms with Gasteiger partial charge in [-0.3, -0.25) is 0 Å². The number of halogens is 2. The molecule has 0 aliphatic carbocycles. The summed E-state index contributed by atoms with van der Waals surface area (Å²) in [7, 11) is 1.44. The molecule has 0 spiro atoms. The zero-order valence-corrected chi connectivity index (χ0v) is 19.0. The maximum Gasteiger partial charge on any atom is 0.292 e. The van der Waals surface area contributed by atoms with Gasteiger partial charge in [0.1, 0.15) is 17.9 Å². The largest absolute Gasteiger partial charge is 0.496 e. The molecule has 0 saturated carbocycles. The van der Waals surface area contributed by atoms with Crippen LogP contribution in [0.1, 0.15) is 5.69 Å². The lowest BCUT2D eigenvalue weighted by Gasteiger charge is -2.12. The Morgan fingerprint density at radius 1 is 1.06 bits per heavy atom. The van der Waals surface area contributed by atoms with Crippen molar-refractivity contribution in [3.8, 4) is 28.3 Å². The zero-order valence-electron chi connectivity index (χ0n) is 19.0. The molecule has 0 bridgehead atoms. The van der Waals surface area contributed by atoms with Crippen molar-refractivity contribution in [3.05, 3.63) is 72.3 Å². The molecule has 0 saturated heterocycles. The number of fused-ring (bicyclic) bond motifs is 1. The lowest BCUT2D eigenvalue weighted by atomic mass is 10.1. The molecule has 3 aromatic heterocycles. The van der Waals surface area contributed by atoms with E-state index in [1.165, 1.54) is 13.4 Å². The van der Waals surface area contributed by atoms with E-state index in [4.69, 9.17) is 14.9 Å². The van der Waals surface area contributed by atoms with Crippen molar-refractivity contribution in [2.24, 2.45) is 0 Å². The van der Waals surface area contributed by atoms with Crippen molar-refractivity contribution >= 4 is 22.7 Å². The summed E-state index contributed by atoms with van der Waals surface area (Å²) in [5.74, 6) is -0.345. The number of oxazole rings is 1. The Hall–Kier alpha value is -4.47. The van der Waals surface area contributed by atoms with Crippen LogP contribution in [0.25, 0.3) is 33.5 Å². The number of rotatable bonds is 7. The van der Waals surface area contributed by atoms with Crippen LogP contribution in [-0.4, -0.2) is 33.2 Å². The Morgan fingerprint density at radius 3 is 2.54 bits per heavy atom. The first-order valence-corrected chi connectivity index (χ1v) is 10.8. The van der Waals surface area contributed by atoms with Gasteiger partial charge in [0.05, 0.1) is 24.5 Å². The molecule has 3 N–H and O–H groups in total. The van der Waals surface area contributed by atoms with Gasteiger partial charge in [0.15, 0.2) is 17.4 Å². The first kappa shape index (κ1) is 22.3. The van der Waals surface area contributed by atoms with Crippen molar-refractivity contribution < 1.29 is 17.9 Å². The van der Waals surface area contributed by atoms with E-state index < -0.39 is 11.6 Å². The molecule has 2 aromatic carbocycles. The van der Waals surface area contributed by atoms with E-state index in [2.05, 4.69) is 20.3 Å². The predicted molar refractivity (Wildman–Crippen MR) is 129 cm³/mol. The van der Waals surface area contributed by atoms with Crippen LogP contribution in [0.5, 0.6) is 5.75 Å². The van der Waals surface area contributed by atoms with Gasteiger partial charge in [0, 0.05) is 47.4 Å². The second kappa shape index (κ2) is 9.05. The maximum atomic E-state index is 14.6. The molecular formula is C25H22F2N6O2. The van der Waals surface area contributed by atoms with Crippen LogP contribution in [-0.2, 0) is 6.54 Å². The number of nitrogen functional groups attached to an aromatic ring is 1. The molecule has 0 atom stereocenters. The number of hydrogen-bond donors (Lipinski definition) is 2. The Labute approximate surface area is 199 Å². The maximum absolute atomic E-state index is 14.6. The number of nitrogens with zero attached hydrogens (tertiary/aromatic N) is 4. The SMILES string of the molecule is COc1cc(F)c(F)c2c1cc(C)n2CCNc1cc(-c2ccc(-c3cnc(N)o3)cc2)ncn1. The summed E-state index contributed by atoms with van der Waals surface area (Å²) in [6.07, 6.45) is 3.04. The molecule has 5 rings (SSSR count). The molecular weight excluding hydrogens is 454 g/mol. The average molecular weight is 476 g/mol. The van der Waals surface area contributed by atoms with Crippen molar-refractivity contribution in [1.29, 1.82) is 0 Å². The highest BCUT2D eigenvalue weighted by Gasteiger charge is 2.18. The third-order valence-corrected chi connectivity index (χ3v) is 5.76. The van der Waals surface area contributed by atoms with Crippen molar-refractivity contribution in [2.75, 3.05) is 24.7 Å². The predicted octanol–water partition coefficient (Wildman–Crippen LogP) is 5.04. The fraction of sp³-hybridized carbons (Fsp3) is 0.160. The molecule has 0 aliphatic heterocycles. The minimum atomic E-state index is -0.945. The molecule has 0 amide bonds. The summed E-state index contributed by atoms with van der Waals surface area (Å²) in [5, 5.41) is 3.76. The lowest BCUT2D eigenvalue weighted by Crippen LogP contribution is -2.13. The van der Waals surface area contributed by atoms with Crippen LogP contribution < -0.4 is 15.8 Å². The fourth-order valence-corrected chi connectivity index (χ4v) is 4.06. The molecule has 35 heavy (non-hydrogen) atoms. The summed E-state index contributed by atoms with van der Waals surface area (Å²) in [4.78, 5) is 12.5. The Kier molecular flexibility index (Phi) is 5.77. The Balaban J connectivity index is 1.32. The van der Waals surface area contributed by atoms with E-state index in [1.807, 2.05) is 37.3 Å². The van der Waals surface area contributed by atoms with Crippen LogP contribution >= 0.6 is 0 Å². The van der Waals surface area contributed by atoms with Crippen LogP contribution in [0, 0.1) is 18.6 Å². The second-order valence-electron chi connectivity index (χ2n) is 7.93. The smallest absolute Gasteiger partial charge is 0.292 e. The van der Waals surface area contributed by atoms with Gasteiger partial charge < -0.3 is 24.8 Å². The summed E-state index contributed by atoms with van der Waals surface area (Å²) in [5.41, 5.74) is 8.98. The summed E-state index contributed by atoms with van der Waals surface area (Å²) in [6.45, 7) is 2.68. The molecule has 8 nitrogen and oxygen atoms in total. The minimum absolute atomic E-state index is 0.116. The quantitative estimate of drug-likeness (QED) is 0.339. The Morgan fingerprint density at radius 2 is 1.83 bits per heavy atom. The molecule has 0 radical (unpaired) electrons. The van der Waals surface area contributed by atoms with Gasteiger partial charge in [-0.2, -0.15) is 0 Å². The normalized spacial score (nSPS) is 11.2. The standard InChI is InChI=1S/C25H22F2N6O2/c1-14-9-17-20(34-2)10-18(26)23(27)24(17)33(14)8-7-29-22-11-19(31-13-32-22)15-3-5-16(6-4-15)21-12-30-25(28)35-21/h3-6,9-13H,7-8H2,1-2H3,(H2,28,30)(H,29,31,32). The van der Waals surface area contributed by atoms with E-state index in [-0.39, 0.29) is 11.5 Å². The number of nitrogens with one attached hydrogen (secondary N) is 1. The molecule has 3 heterocycles.